The summed E-state index contributed by atoms with van der Waals surface area (Å²) < 4.78 is 1.99. The molecule has 0 saturated heterocycles. The molecule has 1 N–H and O–H groups in total. The molecule has 142 valence electrons. The van der Waals surface area contributed by atoms with Gasteiger partial charge in [0.1, 0.15) is 0 Å². The molecule has 1 aliphatic rings. The minimum atomic E-state index is -0.398. The Bertz CT molecular complexity index is 1070. The van der Waals surface area contributed by atoms with Crippen LogP contribution in [0.1, 0.15) is 29.9 Å². The molecule has 0 fully saturated rings. The van der Waals surface area contributed by atoms with Crippen LogP contribution in [-0.2, 0) is 6.42 Å². The second-order valence-electron chi connectivity index (χ2n) is 7.89. The molecule has 0 spiro atoms. The quantitative estimate of drug-likeness (QED) is 0.546. The number of nitrogens with one attached hydrogen (secondary N) is 1. The molecular weight excluding hydrogens is 354 g/mol. The molecule has 4 rings (SSSR count). The summed E-state index contributed by atoms with van der Waals surface area (Å²) in [5, 5.41) is 14.3. The highest BCUT2D eigenvalue weighted by Crippen LogP contribution is 2.35. The normalized spacial score (nSPS) is 15.4. The van der Waals surface area contributed by atoms with Gasteiger partial charge in [-0.25, -0.2) is 0 Å². The van der Waals surface area contributed by atoms with Gasteiger partial charge in [-0.2, -0.15) is 0 Å². The van der Waals surface area contributed by atoms with E-state index in [2.05, 4.69) is 19.2 Å². The number of hydrogen-bond acceptors (Lipinski definition) is 3. The van der Waals surface area contributed by atoms with Crippen molar-refractivity contribution in [2.45, 2.75) is 20.3 Å². The van der Waals surface area contributed by atoms with E-state index in [4.69, 9.17) is 0 Å². The van der Waals surface area contributed by atoms with E-state index in [-0.39, 0.29) is 17.0 Å². The van der Waals surface area contributed by atoms with Crippen LogP contribution in [0.3, 0.4) is 0 Å². The predicted octanol–water partition coefficient (Wildman–Crippen LogP) is 4.36. The number of rotatable bonds is 3. The summed E-state index contributed by atoms with van der Waals surface area (Å²) in [5.41, 5.74) is 3.86. The third kappa shape index (κ3) is 3.17. The van der Waals surface area contributed by atoms with Gasteiger partial charge >= 0.3 is 0 Å². The minimum absolute atomic E-state index is 0.0243. The van der Waals surface area contributed by atoms with E-state index >= 15 is 0 Å². The number of nitrogens with zero attached hydrogens (tertiary/aromatic N) is 2. The zero-order valence-electron chi connectivity index (χ0n) is 15.8. The van der Waals surface area contributed by atoms with E-state index in [0.29, 0.717) is 24.2 Å². The van der Waals surface area contributed by atoms with Crippen LogP contribution in [-0.4, -0.2) is 21.9 Å². The standard InChI is InChI=1S/C22H21N3O3/c1-22(2)13-20-18(21(26)23-14-22)12-19(15-7-4-3-5-8-15)24(20)16-9-6-10-17(11-16)25(27)28/h3-12H,13-14H2,1-2H3,(H,23,26). The number of carbonyl (C=O) groups excluding carboxylic acids is 1. The number of amides is 1. The van der Waals surface area contributed by atoms with E-state index < -0.39 is 4.92 Å². The topological polar surface area (TPSA) is 77.2 Å². The average molecular weight is 375 g/mol. The average Bonchev–Trinajstić information content (AvgIpc) is 3.00. The summed E-state index contributed by atoms with van der Waals surface area (Å²) >= 11 is 0. The number of carbonyl (C=O) groups is 1. The van der Waals surface area contributed by atoms with Crippen molar-refractivity contribution in [1.29, 1.82) is 0 Å². The summed E-state index contributed by atoms with van der Waals surface area (Å²) in [4.78, 5) is 23.7. The number of fused-ring (bicyclic) bond motifs is 1. The molecule has 6 nitrogen and oxygen atoms in total. The molecule has 1 aliphatic heterocycles. The third-order valence-electron chi connectivity index (χ3n) is 5.09. The third-order valence-corrected chi connectivity index (χ3v) is 5.09. The van der Waals surface area contributed by atoms with Gasteiger partial charge in [0.25, 0.3) is 11.6 Å². The van der Waals surface area contributed by atoms with Gasteiger partial charge in [0.15, 0.2) is 0 Å². The van der Waals surface area contributed by atoms with Crippen LogP contribution in [0.5, 0.6) is 0 Å². The lowest BCUT2D eigenvalue weighted by molar-refractivity contribution is -0.384. The van der Waals surface area contributed by atoms with Gasteiger partial charge in [-0.3, -0.25) is 14.9 Å². The van der Waals surface area contributed by atoms with Crippen molar-refractivity contribution in [3.63, 3.8) is 0 Å². The van der Waals surface area contributed by atoms with Crippen LogP contribution in [0, 0.1) is 15.5 Å². The largest absolute Gasteiger partial charge is 0.351 e. The Morgan fingerprint density at radius 1 is 1.07 bits per heavy atom. The number of nitro groups is 1. The molecule has 6 heteroatoms. The van der Waals surface area contributed by atoms with E-state index in [1.807, 2.05) is 47.0 Å². The van der Waals surface area contributed by atoms with E-state index in [1.165, 1.54) is 6.07 Å². The van der Waals surface area contributed by atoms with Crippen molar-refractivity contribution in [2.75, 3.05) is 6.54 Å². The first-order valence-electron chi connectivity index (χ1n) is 9.19. The molecular formula is C22H21N3O3. The van der Waals surface area contributed by atoms with E-state index in [1.54, 1.807) is 12.1 Å². The lowest BCUT2D eigenvalue weighted by Crippen LogP contribution is -2.31. The smallest absolute Gasteiger partial charge is 0.271 e. The maximum Gasteiger partial charge on any atom is 0.271 e. The Kier molecular flexibility index (Phi) is 4.26. The zero-order chi connectivity index (χ0) is 19.9. The minimum Gasteiger partial charge on any atom is -0.351 e. The lowest BCUT2D eigenvalue weighted by atomic mass is 9.88. The van der Waals surface area contributed by atoms with Crippen molar-refractivity contribution in [3.8, 4) is 16.9 Å². The first-order valence-corrected chi connectivity index (χ1v) is 9.19. The van der Waals surface area contributed by atoms with Crippen LogP contribution in [0.2, 0.25) is 0 Å². The first-order chi connectivity index (χ1) is 13.4. The summed E-state index contributed by atoms with van der Waals surface area (Å²) in [7, 11) is 0. The van der Waals surface area contributed by atoms with Crippen molar-refractivity contribution >= 4 is 11.6 Å². The Labute approximate surface area is 163 Å². The molecule has 2 aromatic carbocycles. The molecule has 3 aromatic rings. The fraction of sp³-hybridized carbons (Fsp3) is 0.227. The second kappa shape index (κ2) is 6.64. The molecule has 1 amide bonds. The van der Waals surface area contributed by atoms with Crippen LogP contribution in [0.4, 0.5) is 5.69 Å². The zero-order valence-corrected chi connectivity index (χ0v) is 15.8. The summed E-state index contributed by atoms with van der Waals surface area (Å²) in [6.07, 6.45) is 0.677. The van der Waals surface area contributed by atoms with Crippen molar-refractivity contribution in [2.24, 2.45) is 5.41 Å². The Morgan fingerprint density at radius 3 is 2.54 bits per heavy atom. The monoisotopic (exact) mass is 375 g/mol. The molecule has 0 unspecified atom stereocenters. The Morgan fingerprint density at radius 2 is 1.82 bits per heavy atom. The lowest BCUT2D eigenvalue weighted by Gasteiger charge is -2.24. The van der Waals surface area contributed by atoms with Gasteiger partial charge in [-0.05, 0) is 29.5 Å². The Hall–Kier alpha value is -3.41. The van der Waals surface area contributed by atoms with E-state index in [9.17, 15) is 14.9 Å². The SMILES string of the molecule is CC1(C)CNC(=O)c2cc(-c3ccccc3)n(-c3cccc([N+](=O)[O-])c3)c2C1. The molecule has 28 heavy (non-hydrogen) atoms. The van der Waals surface area contributed by atoms with Crippen molar-refractivity contribution in [1.82, 2.24) is 9.88 Å². The number of nitro benzene ring substituents is 1. The number of non-ortho nitro benzene ring substituents is 1. The number of hydrogen-bond donors (Lipinski definition) is 1. The second-order valence-corrected chi connectivity index (χ2v) is 7.89. The van der Waals surface area contributed by atoms with Crippen LogP contribution >= 0.6 is 0 Å². The summed E-state index contributed by atoms with van der Waals surface area (Å²) in [6, 6.07) is 18.2. The highest BCUT2D eigenvalue weighted by molar-refractivity contribution is 5.98. The molecule has 0 radical (unpaired) electrons. The maximum atomic E-state index is 12.8. The highest BCUT2D eigenvalue weighted by Gasteiger charge is 2.32. The summed E-state index contributed by atoms with van der Waals surface area (Å²) in [6.45, 7) is 4.79. The van der Waals surface area contributed by atoms with Gasteiger partial charge in [-0.15, -0.1) is 0 Å². The molecule has 0 bridgehead atoms. The molecule has 0 atom stereocenters. The fourth-order valence-corrected chi connectivity index (χ4v) is 3.71. The molecule has 0 saturated carbocycles. The van der Waals surface area contributed by atoms with Crippen LogP contribution in [0.15, 0.2) is 60.7 Å². The fourth-order valence-electron chi connectivity index (χ4n) is 3.71. The van der Waals surface area contributed by atoms with Crippen LogP contribution in [0.25, 0.3) is 16.9 Å². The first kappa shape index (κ1) is 18.0. The highest BCUT2D eigenvalue weighted by atomic mass is 16.6. The molecule has 2 heterocycles. The number of benzene rings is 2. The predicted molar refractivity (Wildman–Crippen MR) is 108 cm³/mol. The maximum absolute atomic E-state index is 12.8. The van der Waals surface area contributed by atoms with Gasteiger partial charge in [0.05, 0.1) is 21.9 Å². The van der Waals surface area contributed by atoms with E-state index in [0.717, 1.165) is 17.0 Å². The van der Waals surface area contributed by atoms with Crippen molar-refractivity contribution in [3.05, 3.63) is 82.0 Å². The number of aromatic nitrogens is 1. The molecule has 0 aliphatic carbocycles. The van der Waals surface area contributed by atoms with Gasteiger partial charge < -0.3 is 9.88 Å². The van der Waals surface area contributed by atoms with Crippen LogP contribution < -0.4 is 5.32 Å². The van der Waals surface area contributed by atoms with Gasteiger partial charge in [-0.1, -0.05) is 50.2 Å². The van der Waals surface area contributed by atoms with Gasteiger partial charge in [0.2, 0.25) is 0 Å². The molecule has 1 aromatic heterocycles. The van der Waals surface area contributed by atoms with Crippen molar-refractivity contribution < 1.29 is 9.72 Å². The van der Waals surface area contributed by atoms with Gasteiger partial charge in [0, 0.05) is 24.4 Å². The Balaban J connectivity index is 2.01. The summed E-state index contributed by atoms with van der Waals surface area (Å²) in [5.74, 6) is -0.109.